The largest absolute Gasteiger partial charge is 0.504 e. The second kappa shape index (κ2) is 19.9. The van der Waals surface area contributed by atoms with E-state index >= 15 is 0 Å². The first-order valence-electron chi connectivity index (χ1n) is 17.5. The Morgan fingerprint density at radius 2 is 1.82 bits per heavy atom. The maximum atomic E-state index is 13.2. The lowest BCUT2D eigenvalue weighted by atomic mass is 9.94. The molecular formula is C37H54N4O6S2. The Bertz CT molecular complexity index is 1380. The molecule has 0 aromatic heterocycles. The summed E-state index contributed by atoms with van der Waals surface area (Å²) in [5.41, 5.74) is 14.5. The number of aliphatic imine (C=N–C) groups is 1. The van der Waals surface area contributed by atoms with Crippen LogP contribution in [0.4, 0.5) is 0 Å². The third kappa shape index (κ3) is 13.3. The third-order valence-corrected chi connectivity index (χ3v) is 12.0. The molecule has 1 saturated heterocycles. The summed E-state index contributed by atoms with van der Waals surface area (Å²) in [6, 6.07) is 14.1. The molecule has 0 radical (unpaired) electrons. The van der Waals surface area contributed by atoms with Gasteiger partial charge < -0.3 is 36.1 Å². The van der Waals surface area contributed by atoms with Gasteiger partial charge in [-0.15, -0.1) is 0 Å². The molecule has 2 aliphatic rings. The molecule has 12 heteroatoms. The van der Waals surface area contributed by atoms with Crippen LogP contribution in [0.5, 0.6) is 11.5 Å². The van der Waals surface area contributed by atoms with E-state index in [1.807, 2.05) is 22.9 Å². The number of carbonyl (C=O) groups is 2. The highest BCUT2D eigenvalue weighted by Gasteiger charge is 2.32. The fraction of sp³-hybridized carbons (Fsp3) is 0.595. The first-order chi connectivity index (χ1) is 23.6. The van der Waals surface area contributed by atoms with E-state index in [4.69, 9.17) is 20.9 Å². The molecule has 2 heterocycles. The summed E-state index contributed by atoms with van der Waals surface area (Å²) in [4.78, 5) is 31.5. The molecule has 49 heavy (non-hydrogen) atoms. The van der Waals surface area contributed by atoms with E-state index in [-0.39, 0.29) is 42.1 Å². The number of ether oxygens (including phenoxy) is 2. The van der Waals surface area contributed by atoms with Gasteiger partial charge in [-0.25, -0.2) is 4.99 Å². The number of methoxy groups -OCH3 is 1. The van der Waals surface area contributed by atoms with Gasteiger partial charge in [0.05, 0.1) is 19.3 Å². The van der Waals surface area contributed by atoms with Crippen LogP contribution in [-0.4, -0.2) is 76.4 Å². The van der Waals surface area contributed by atoms with E-state index in [1.165, 1.54) is 19.6 Å². The molecule has 0 aliphatic carbocycles. The van der Waals surface area contributed by atoms with Crippen LogP contribution in [0.15, 0.2) is 47.5 Å². The summed E-state index contributed by atoms with van der Waals surface area (Å²) in [6.45, 7) is 2.19. The second-order valence-corrected chi connectivity index (χ2v) is 16.0. The van der Waals surface area contributed by atoms with Crippen molar-refractivity contribution in [3.8, 4) is 11.5 Å². The molecule has 5 atom stereocenters. The maximum absolute atomic E-state index is 13.2. The summed E-state index contributed by atoms with van der Waals surface area (Å²) < 4.78 is 11.1. The van der Waals surface area contributed by atoms with Gasteiger partial charge in [-0.1, -0.05) is 70.8 Å². The number of guanidine groups is 1. The van der Waals surface area contributed by atoms with Crippen molar-refractivity contribution in [3.05, 3.63) is 59.2 Å². The molecule has 2 aliphatic heterocycles. The van der Waals surface area contributed by atoms with E-state index in [2.05, 4.69) is 29.3 Å². The van der Waals surface area contributed by atoms with Crippen molar-refractivity contribution in [2.75, 3.05) is 25.2 Å². The number of phenols is 1. The van der Waals surface area contributed by atoms with Crippen molar-refractivity contribution >= 4 is 39.4 Å². The number of aliphatic hydroxyl groups is 1. The molecule has 0 saturated carbocycles. The quantitative estimate of drug-likeness (QED) is 0.128. The normalized spacial score (nSPS) is 24.9. The van der Waals surface area contributed by atoms with Gasteiger partial charge in [0, 0.05) is 49.9 Å². The number of hydrogen-bond donors (Lipinski definition) is 4. The fourth-order valence-electron chi connectivity index (χ4n) is 6.89. The molecule has 10 nitrogen and oxygen atoms in total. The summed E-state index contributed by atoms with van der Waals surface area (Å²) in [6.07, 6.45) is 7.25. The number of benzene rings is 2. The number of hydrogen-bond acceptors (Lipinski definition) is 9. The lowest BCUT2D eigenvalue weighted by Gasteiger charge is -2.22. The number of esters is 1. The third-order valence-electron chi connectivity index (χ3n) is 9.38. The SMILES string of the molecule is COc1cc2cc(c1O)CN1C[C@@H](CC1=O)C[C@H](N=C(N)N)CSSC[C@H](CCc1ccccc1)CCCC[C@H](O)C[C@H](OC(C)=O)CC2. The van der Waals surface area contributed by atoms with Gasteiger partial charge in [0.1, 0.15) is 6.10 Å². The zero-order valence-corrected chi connectivity index (χ0v) is 30.6. The zero-order chi connectivity index (χ0) is 35.2. The minimum Gasteiger partial charge on any atom is -0.504 e. The van der Waals surface area contributed by atoms with Gasteiger partial charge in [-0.3, -0.25) is 9.59 Å². The maximum Gasteiger partial charge on any atom is 0.302 e. The van der Waals surface area contributed by atoms with Gasteiger partial charge in [-0.05, 0) is 74.0 Å². The van der Waals surface area contributed by atoms with Crippen molar-refractivity contribution in [1.82, 2.24) is 4.90 Å². The zero-order valence-electron chi connectivity index (χ0n) is 28.9. The standard InChI is InChI=1S/C37H54N4O6S2/c1-25(42)47-33-15-14-28-16-30(36(45)34(18-28)46-2)22-41-21-29(19-35(41)44)17-31(40-37(38)39)24-49-48-23-27(10-6-7-11-32(43)20-33)13-12-26-8-4-3-5-9-26/h3-5,8-9,16,18,27,29,31-33,43,45H,6-7,10-15,17,19-24H2,1-2H3,(H4,38,39,40)/t27-,29+,31-,32-,33+/m0/s1. The topological polar surface area (TPSA) is 161 Å². The Balaban J connectivity index is 1.51. The highest BCUT2D eigenvalue weighted by molar-refractivity contribution is 8.76. The van der Waals surface area contributed by atoms with Crippen LogP contribution in [0, 0.1) is 11.8 Å². The van der Waals surface area contributed by atoms with E-state index in [0.717, 1.165) is 49.2 Å². The molecule has 0 unspecified atom stereocenters. The van der Waals surface area contributed by atoms with E-state index in [9.17, 15) is 19.8 Å². The van der Waals surface area contributed by atoms with E-state index < -0.39 is 12.2 Å². The van der Waals surface area contributed by atoms with Crippen molar-refractivity contribution < 1.29 is 29.3 Å². The molecule has 1 amide bonds. The first-order valence-corrected chi connectivity index (χ1v) is 20.0. The minimum atomic E-state index is -0.579. The van der Waals surface area contributed by atoms with Gasteiger partial charge >= 0.3 is 5.97 Å². The minimum absolute atomic E-state index is 0.00820. The number of aliphatic hydroxyl groups excluding tert-OH is 1. The van der Waals surface area contributed by atoms with Crippen LogP contribution in [0.3, 0.4) is 0 Å². The molecule has 2 aromatic carbocycles. The predicted molar refractivity (Wildman–Crippen MR) is 199 cm³/mol. The fourth-order valence-corrected chi connectivity index (χ4v) is 9.60. The summed E-state index contributed by atoms with van der Waals surface area (Å²) in [5.74, 6) is 2.41. The second-order valence-electron chi connectivity index (χ2n) is 13.5. The molecule has 270 valence electrons. The lowest BCUT2D eigenvalue weighted by molar-refractivity contribution is -0.148. The molecule has 4 rings (SSSR count). The van der Waals surface area contributed by atoms with Gasteiger partial charge in [0.2, 0.25) is 5.91 Å². The van der Waals surface area contributed by atoms with Crippen LogP contribution in [-0.2, 0) is 33.7 Å². The monoisotopic (exact) mass is 714 g/mol. The number of aromatic hydroxyl groups is 1. The Morgan fingerprint density at radius 1 is 1.06 bits per heavy atom. The first kappa shape index (κ1) is 38.7. The Morgan fingerprint density at radius 3 is 2.55 bits per heavy atom. The molecular weight excluding hydrogens is 661 g/mol. The van der Waals surface area contributed by atoms with E-state index in [1.54, 1.807) is 21.8 Å². The van der Waals surface area contributed by atoms with Crippen molar-refractivity contribution in [1.29, 1.82) is 0 Å². The molecule has 1 fully saturated rings. The molecule has 6 N–H and O–H groups in total. The van der Waals surface area contributed by atoms with Crippen molar-refractivity contribution in [3.63, 3.8) is 0 Å². The van der Waals surface area contributed by atoms with Crippen LogP contribution in [0.2, 0.25) is 0 Å². The molecule has 2 aromatic rings. The number of carbonyl (C=O) groups excluding carboxylic acids is 2. The van der Waals surface area contributed by atoms with Crippen LogP contribution < -0.4 is 16.2 Å². The number of nitrogens with two attached hydrogens (primary N) is 2. The van der Waals surface area contributed by atoms with Gasteiger partial charge in [0.15, 0.2) is 17.5 Å². The number of phenolic OH excluding ortho intramolecular Hbond substituents is 1. The van der Waals surface area contributed by atoms with Crippen LogP contribution in [0.25, 0.3) is 0 Å². The van der Waals surface area contributed by atoms with Gasteiger partial charge in [0.25, 0.3) is 0 Å². The van der Waals surface area contributed by atoms with Crippen molar-refractivity contribution in [2.45, 2.75) is 102 Å². The Hall–Kier alpha value is -3.09. The number of nitrogens with zero attached hydrogens (tertiary/aromatic N) is 2. The molecule has 0 spiro atoms. The molecule has 4 bridgehead atoms. The summed E-state index contributed by atoms with van der Waals surface area (Å²) in [5, 5.41) is 22.0. The average molecular weight is 715 g/mol. The summed E-state index contributed by atoms with van der Waals surface area (Å²) in [7, 11) is 5.14. The number of fused-ring (bicyclic) bond motifs is 4. The Kier molecular flexibility index (Phi) is 15.7. The Labute approximate surface area is 299 Å². The van der Waals surface area contributed by atoms with E-state index in [0.29, 0.717) is 62.3 Å². The number of aryl methyl sites for hydroxylation is 2. The number of rotatable bonds is 6. The predicted octanol–water partition coefficient (Wildman–Crippen LogP) is 5.60. The van der Waals surface area contributed by atoms with Crippen molar-refractivity contribution in [2.24, 2.45) is 28.3 Å². The van der Waals surface area contributed by atoms with Gasteiger partial charge in [-0.2, -0.15) is 0 Å². The lowest BCUT2D eigenvalue weighted by Crippen LogP contribution is -2.28. The highest BCUT2D eigenvalue weighted by Crippen LogP contribution is 2.36. The number of amides is 1. The average Bonchev–Trinajstić information content (AvgIpc) is 3.40. The smallest absolute Gasteiger partial charge is 0.302 e. The van der Waals surface area contributed by atoms with Crippen LogP contribution in [0.1, 0.15) is 81.4 Å². The van der Waals surface area contributed by atoms with Crippen LogP contribution >= 0.6 is 21.6 Å². The highest BCUT2D eigenvalue weighted by atomic mass is 33.1. The summed E-state index contributed by atoms with van der Waals surface area (Å²) >= 11 is 0.